The lowest BCUT2D eigenvalue weighted by molar-refractivity contribution is 0.0543. The average molecular weight is 2270 g/mol. The van der Waals surface area contributed by atoms with Gasteiger partial charge in [0, 0.05) is 138 Å². The highest BCUT2D eigenvalue weighted by molar-refractivity contribution is 9.10. The first-order chi connectivity index (χ1) is 70.4. The Hall–Kier alpha value is -10.6. The molecule has 5 aromatic carbocycles. The molecule has 27 nitrogen and oxygen atoms in total. The molecule has 8 aliphatic rings. The topological polar surface area (TPSA) is 340 Å². The van der Waals surface area contributed by atoms with Gasteiger partial charge in [0.05, 0.1) is 205 Å². The number of thioether (sulfide) groups is 1. The molecule has 10 aromatic heterocycles. The molecule has 0 amide bonds. The summed E-state index contributed by atoms with van der Waals surface area (Å²) in [6, 6.07) is 31.5. The number of benzene rings is 5. The summed E-state index contributed by atoms with van der Waals surface area (Å²) >= 11 is 47.7. The number of fused-ring (bicyclic) bond motifs is 5. The van der Waals surface area contributed by atoms with Crippen LogP contribution in [0.4, 0.5) is 16.4 Å². The maximum atomic E-state index is 12.4. The van der Waals surface area contributed by atoms with Crippen molar-refractivity contribution in [3.8, 4) is 56.3 Å². The Morgan fingerprint density at radius 1 is 0.397 bits per heavy atom. The molecule has 14 heterocycles. The van der Waals surface area contributed by atoms with Crippen LogP contribution in [-0.4, -0.2) is 174 Å². The standard InChI is InChI=1S/2C26H27ClN6OS.C21H24ClN3O2S.2C17H10BrClN4S/c2*1-16-25(28)26(15-34-16)8-10-33(11-9-26)22-13-31-23(14-30-22)35-21-7-2-4-17(24(21)27)20-12-29-18-5-3-6-19(18)32-20;1-20(2,3)27-19(26)25-11-10-14-18(25)23-12-15(24-14)13-8-7-9-16(17(13)22)28-21(4,5)6;2*18-15-8-22-16(9-21-15)24-14-6-1-3-10(17(14)19)13-7-20-11-4-2-5-12(11)23-13/h2*2-4,6-7,12-14,16,25H,5,8-11,15,28H2,1H3;7-12H,1-6H3;2*1-3,5-9H,4H2/t2*16-,25+;;;/m00.../s1. The van der Waals surface area contributed by atoms with Crippen LogP contribution >= 0.6 is 149 Å². The van der Waals surface area contributed by atoms with E-state index in [2.05, 4.69) is 170 Å². The van der Waals surface area contributed by atoms with E-state index in [1.54, 1.807) is 79.8 Å². The number of hydrogen-bond acceptors (Lipinski definition) is 31. The minimum Gasteiger partial charge on any atom is -0.443 e. The molecule has 146 heavy (non-hydrogen) atoms. The monoisotopic (exact) mass is 2260 g/mol. The summed E-state index contributed by atoms with van der Waals surface area (Å²) in [5.74, 6) is 1.79. The third-order valence-electron chi connectivity index (χ3n) is 25.6. The van der Waals surface area contributed by atoms with Gasteiger partial charge in [-0.1, -0.05) is 211 Å². The van der Waals surface area contributed by atoms with Gasteiger partial charge in [-0.15, -0.1) is 11.8 Å². The summed E-state index contributed by atoms with van der Waals surface area (Å²) in [7, 11) is 0. The Morgan fingerprint density at radius 3 is 1.01 bits per heavy atom. The Bertz CT molecular complexity index is 7150. The molecule has 4 aliphatic heterocycles. The van der Waals surface area contributed by atoms with Gasteiger partial charge in [-0.25, -0.2) is 79.1 Å². The van der Waals surface area contributed by atoms with Gasteiger partial charge in [-0.2, -0.15) is 0 Å². The van der Waals surface area contributed by atoms with Gasteiger partial charge in [0.1, 0.15) is 52.1 Å². The third kappa shape index (κ3) is 24.1. The van der Waals surface area contributed by atoms with E-state index >= 15 is 0 Å². The van der Waals surface area contributed by atoms with E-state index in [1.165, 1.54) is 51.6 Å². The number of piperidine rings is 2. The molecular weight excluding hydrogens is 2170 g/mol. The van der Waals surface area contributed by atoms with Crippen molar-refractivity contribution in [2.45, 2.75) is 186 Å². The minimum atomic E-state index is -0.584. The zero-order valence-corrected chi connectivity index (χ0v) is 91.5. The maximum Gasteiger partial charge on any atom is 0.420 e. The normalized spacial score (nSPS) is 17.3. The SMILES string of the molecule is CC(C)(C)OC(=O)n1ccc2nc(-c3cccc(SC(C)(C)C)c3Cl)cnc21.C[C@@H]1OCC2(CCN(c3cnc(Sc4cccc(-c5cnc6c(n5)C=CC6)c4Cl)cn3)CC2)[C@@H]1N.C[C@@H]1OCC2(CCN(c3cnc(Sc4cccc(-c5cnc6c(n5)C=CC6)c4Cl)cn3)CC2)[C@@H]1N.Clc1c(Sc2cnc(Br)cn2)cccc1-c1cnc2c(n1)C=CC2.Clc1c(Sc2cnc(Br)cn2)cccc1-c1cnc2c(n1)C=CC2. The van der Waals surface area contributed by atoms with E-state index < -0.39 is 11.7 Å². The first kappa shape index (κ1) is 104. The van der Waals surface area contributed by atoms with Crippen LogP contribution < -0.4 is 21.3 Å². The van der Waals surface area contributed by atoms with Crippen LogP contribution in [0.3, 0.4) is 0 Å². The van der Waals surface area contributed by atoms with Crippen LogP contribution in [0, 0.1) is 10.8 Å². The quantitative estimate of drug-likeness (QED) is 0.0849. The van der Waals surface area contributed by atoms with Crippen molar-refractivity contribution in [3.63, 3.8) is 0 Å². The lowest BCUT2D eigenvalue weighted by Gasteiger charge is -2.41. The summed E-state index contributed by atoms with van der Waals surface area (Å²) in [6.07, 6.45) is 48.0. The molecular formula is C107H98Br2Cl5N23O4S5. The predicted molar refractivity (Wildman–Crippen MR) is 591 cm³/mol. The molecule has 4 N–H and O–H groups in total. The van der Waals surface area contributed by atoms with Gasteiger partial charge in [-0.3, -0.25) is 19.9 Å². The number of ether oxygens (including phenoxy) is 3. The first-order valence-electron chi connectivity index (χ1n) is 47.3. The number of nitrogens with zero attached hydrogens (tertiary/aromatic N) is 21. The molecule has 0 saturated carbocycles. The Kier molecular flexibility index (Phi) is 32.3. The minimum absolute atomic E-state index is 0.0442. The molecule has 0 unspecified atom stereocenters. The Morgan fingerprint density at radius 2 is 0.712 bits per heavy atom. The fourth-order valence-corrected chi connectivity index (χ4v) is 24.0. The molecule has 4 saturated heterocycles. The van der Waals surface area contributed by atoms with Gasteiger partial charge < -0.3 is 35.5 Å². The molecule has 0 bridgehead atoms. The van der Waals surface area contributed by atoms with E-state index in [1.807, 2.05) is 161 Å². The van der Waals surface area contributed by atoms with Crippen LogP contribution in [0.25, 0.3) is 91.8 Å². The molecule has 15 aromatic rings. The van der Waals surface area contributed by atoms with Crippen LogP contribution in [0.1, 0.15) is 127 Å². The van der Waals surface area contributed by atoms with Gasteiger partial charge in [0.2, 0.25) is 0 Å². The molecule has 0 radical (unpaired) electrons. The highest BCUT2D eigenvalue weighted by atomic mass is 79.9. The fraction of sp³-hybridized carbons (Fsp3) is 0.280. The van der Waals surface area contributed by atoms with Crippen LogP contribution in [-0.2, 0) is 39.9 Å². The average Bonchev–Trinajstić information content (AvgIpc) is 1.64. The van der Waals surface area contributed by atoms with E-state index in [0.717, 1.165) is 243 Å². The van der Waals surface area contributed by atoms with Gasteiger partial charge in [-0.05, 0) is 153 Å². The molecule has 744 valence electrons. The number of halogens is 7. The first-order valence-corrected chi connectivity index (χ1v) is 54.8. The lowest BCUT2D eigenvalue weighted by Crippen LogP contribution is -2.50. The summed E-state index contributed by atoms with van der Waals surface area (Å²) in [5.41, 5.74) is 29.3. The van der Waals surface area contributed by atoms with Crippen molar-refractivity contribution in [1.82, 2.24) is 94.3 Å². The predicted octanol–water partition coefficient (Wildman–Crippen LogP) is 25.8. The molecule has 4 atom stereocenters. The fourth-order valence-electron chi connectivity index (χ4n) is 17.8. The lowest BCUT2D eigenvalue weighted by atomic mass is 9.73. The van der Waals surface area contributed by atoms with Crippen LogP contribution in [0.15, 0.2) is 262 Å². The second-order valence-electron chi connectivity index (χ2n) is 37.7. The van der Waals surface area contributed by atoms with Gasteiger partial charge in [0.25, 0.3) is 0 Å². The van der Waals surface area contributed by atoms with Crippen molar-refractivity contribution in [1.29, 1.82) is 0 Å². The summed E-state index contributed by atoms with van der Waals surface area (Å²) in [6.45, 7) is 21.2. The van der Waals surface area contributed by atoms with E-state index in [-0.39, 0.29) is 39.9 Å². The molecule has 39 heteroatoms. The van der Waals surface area contributed by atoms with Crippen molar-refractivity contribution in [2.75, 3.05) is 49.2 Å². The van der Waals surface area contributed by atoms with Crippen LogP contribution in [0.2, 0.25) is 25.1 Å². The van der Waals surface area contributed by atoms with Gasteiger partial charge in [0.15, 0.2) is 5.65 Å². The van der Waals surface area contributed by atoms with Crippen molar-refractivity contribution in [3.05, 3.63) is 288 Å². The Labute approximate surface area is 908 Å². The number of allylic oxidation sites excluding steroid dienone is 4. The molecule has 4 aliphatic carbocycles. The number of hydrogen-bond donors (Lipinski definition) is 2. The number of carbonyl (C=O) groups excluding carboxylic acids is 1. The van der Waals surface area contributed by atoms with Crippen molar-refractivity contribution in [2.24, 2.45) is 22.3 Å². The van der Waals surface area contributed by atoms with Gasteiger partial charge >= 0.3 is 6.09 Å². The molecule has 4 fully saturated rings. The number of aromatic nitrogens is 19. The highest BCUT2D eigenvalue weighted by Gasteiger charge is 2.49. The summed E-state index contributed by atoms with van der Waals surface area (Å²) < 4.78 is 19.9. The van der Waals surface area contributed by atoms with Crippen molar-refractivity contribution < 1.29 is 19.0 Å². The number of nitrogens with two attached hydrogens (primary N) is 2. The molecule has 23 rings (SSSR count). The number of carbonyl (C=O) groups is 1. The second-order valence-corrected chi connectivity index (χ2v) is 47.3. The van der Waals surface area contributed by atoms with E-state index in [9.17, 15) is 4.79 Å². The zero-order valence-electron chi connectivity index (χ0n) is 80.5. The maximum absolute atomic E-state index is 12.4. The smallest absolute Gasteiger partial charge is 0.420 e. The van der Waals surface area contributed by atoms with E-state index in [0.29, 0.717) is 51.2 Å². The summed E-state index contributed by atoms with van der Waals surface area (Å²) in [5, 5.41) is 6.37. The largest absolute Gasteiger partial charge is 0.443 e. The molecule has 2 spiro atoms. The summed E-state index contributed by atoms with van der Waals surface area (Å²) in [4.78, 5) is 103. The van der Waals surface area contributed by atoms with Crippen molar-refractivity contribution >= 4 is 202 Å². The second kappa shape index (κ2) is 45.4. The Balaban J connectivity index is 0.000000116. The van der Waals surface area contributed by atoms with Crippen LogP contribution in [0.5, 0.6) is 0 Å². The zero-order chi connectivity index (χ0) is 102. The van der Waals surface area contributed by atoms with E-state index in [4.69, 9.17) is 104 Å². The number of anilines is 2. The highest BCUT2D eigenvalue weighted by Crippen LogP contribution is 2.49. The third-order valence-corrected chi connectivity index (χ3v) is 34.1. The number of rotatable bonds is 16.